The van der Waals surface area contributed by atoms with Crippen LogP contribution in [0, 0.1) is 5.41 Å². The van der Waals surface area contributed by atoms with E-state index in [1.807, 2.05) is 11.8 Å². The lowest BCUT2D eigenvalue weighted by Gasteiger charge is -2.23. The molecule has 20 heavy (non-hydrogen) atoms. The van der Waals surface area contributed by atoms with E-state index in [1.54, 1.807) is 0 Å². The predicted octanol–water partition coefficient (Wildman–Crippen LogP) is 0.468. The van der Waals surface area contributed by atoms with Gasteiger partial charge in [-0.3, -0.25) is 14.5 Å². The second-order valence-electron chi connectivity index (χ2n) is 5.84. The minimum Gasteiger partial charge on any atom is -0.481 e. The Bertz CT molecular complexity index is 368. The van der Waals surface area contributed by atoms with E-state index in [4.69, 9.17) is 4.74 Å². The quantitative estimate of drug-likeness (QED) is 0.741. The van der Waals surface area contributed by atoms with Crippen LogP contribution in [-0.2, 0) is 14.3 Å². The monoisotopic (exact) mass is 284 g/mol. The van der Waals surface area contributed by atoms with Gasteiger partial charge in [0, 0.05) is 19.7 Å². The molecule has 0 saturated carbocycles. The third kappa shape index (κ3) is 3.49. The molecule has 2 aliphatic heterocycles. The van der Waals surface area contributed by atoms with Crippen molar-refractivity contribution in [3.05, 3.63) is 0 Å². The molecule has 0 radical (unpaired) electrons. The normalized spacial score (nSPS) is 30.6. The van der Waals surface area contributed by atoms with Crippen LogP contribution < -0.4 is 5.32 Å². The largest absolute Gasteiger partial charge is 0.481 e. The van der Waals surface area contributed by atoms with Crippen LogP contribution in [0.25, 0.3) is 0 Å². The van der Waals surface area contributed by atoms with E-state index in [0.29, 0.717) is 32.5 Å². The highest BCUT2D eigenvalue weighted by Gasteiger charge is 2.43. The Hall–Kier alpha value is -1.14. The van der Waals surface area contributed by atoms with Crippen molar-refractivity contribution in [2.75, 3.05) is 32.8 Å². The maximum absolute atomic E-state index is 11.9. The second-order valence-corrected chi connectivity index (χ2v) is 5.84. The SMILES string of the molecule is CCC1(C(=O)O)CCN(CC(=O)NCC2CCCO2)C1. The van der Waals surface area contributed by atoms with Gasteiger partial charge >= 0.3 is 5.97 Å². The first-order chi connectivity index (χ1) is 9.55. The summed E-state index contributed by atoms with van der Waals surface area (Å²) in [4.78, 5) is 25.1. The molecule has 114 valence electrons. The third-order valence-corrected chi connectivity index (χ3v) is 4.48. The fraction of sp³-hybridized carbons (Fsp3) is 0.857. The summed E-state index contributed by atoms with van der Waals surface area (Å²) in [6.45, 7) is 4.66. The molecular weight excluding hydrogens is 260 g/mol. The lowest BCUT2D eigenvalue weighted by atomic mass is 9.84. The molecule has 2 heterocycles. The van der Waals surface area contributed by atoms with E-state index < -0.39 is 11.4 Å². The van der Waals surface area contributed by atoms with Crippen LogP contribution in [0.4, 0.5) is 0 Å². The van der Waals surface area contributed by atoms with Crippen LogP contribution in [0.5, 0.6) is 0 Å². The minimum atomic E-state index is -0.748. The Balaban J connectivity index is 1.73. The van der Waals surface area contributed by atoms with E-state index >= 15 is 0 Å². The molecule has 0 aliphatic carbocycles. The molecule has 0 aromatic heterocycles. The molecule has 2 atom stereocenters. The molecule has 2 unspecified atom stereocenters. The number of hydrogen-bond acceptors (Lipinski definition) is 4. The number of hydrogen-bond donors (Lipinski definition) is 2. The number of rotatable bonds is 6. The van der Waals surface area contributed by atoms with Crippen LogP contribution in [-0.4, -0.2) is 60.8 Å². The van der Waals surface area contributed by atoms with Crippen molar-refractivity contribution >= 4 is 11.9 Å². The van der Waals surface area contributed by atoms with E-state index in [-0.39, 0.29) is 18.6 Å². The maximum Gasteiger partial charge on any atom is 0.310 e. The highest BCUT2D eigenvalue weighted by atomic mass is 16.5. The predicted molar refractivity (Wildman–Crippen MR) is 73.4 cm³/mol. The summed E-state index contributed by atoms with van der Waals surface area (Å²) in [7, 11) is 0. The summed E-state index contributed by atoms with van der Waals surface area (Å²) in [6.07, 6.45) is 3.44. The minimum absolute atomic E-state index is 0.0437. The fourth-order valence-electron chi connectivity index (χ4n) is 3.00. The zero-order valence-electron chi connectivity index (χ0n) is 12.1. The Morgan fingerprint density at radius 1 is 1.50 bits per heavy atom. The zero-order valence-corrected chi connectivity index (χ0v) is 12.1. The number of carbonyl (C=O) groups is 2. The molecule has 0 aromatic rings. The van der Waals surface area contributed by atoms with Gasteiger partial charge in [0.1, 0.15) is 0 Å². The number of ether oxygens (including phenoxy) is 1. The number of aliphatic carboxylic acids is 1. The standard InChI is InChI=1S/C14H24N2O4/c1-2-14(13(18)19)5-6-16(10-14)9-12(17)15-8-11-4-3-7-20-11/h11H,2-10H2,1H3,(H,15,17)(H,18,19). The summed E-state index contributed by atoms with van der Waals surface area (Å²) < 4.78 is 5.45. The van der Waals surface area contributed by atoms with Crippen LogP contribution >= 0.6 is 0 Å². The molecule has 1 amide bonds. The van der Waals surface area contributed by atoms with E-state index in [9.17, 15) is 14.7 Å². The fourth-order valence-corrected chi connectivity index (χ4v) is 3.00. The Morgan fingerprint density at radius 3 is 2.85 bits per heavy atom. The number of nitrogens with zero attached hydrogens (tertiary/aromatic N) is 1. The smallest absolute Gasteiger partial charge is 0.310 e. The number of carboxylic acid groups (broad SMARTS) is 1. The Morgan fingerprint density at radius 2 is 2.30 bits per heavy atom. The van der Waals surface area contributed by atoms with Crippen LogP contribution in [0.2, 0.25) is 0 Å². The summed E-state index contributed by atoms with van der Waals surface area (Å²) in [6, 6.07) is 0. The van der Waals surface area contributed by atoms with Crippen molar-refractivity contribution in [3.8, 4) is 0 Å². The first-order valence-electron chi connectivity index (χ1n) is 7.40. The lowest BCUT2D eigenvalue weighted by Crippen LogP contribution is -2.41. The van der Waals surface area contributed by atoms with Crippen LogP contribution in [0.3, 0.4) is 0 Å². The first kappa shape index (κ1) is 15.3. The highest BCUT2D eigenvalue weighted by molar-refractivity contribution is 5.79. The van der Waals surface area contributed by atoms with E-state index in [1.165, 1.54) is 0 Å². The van der Waals surface area contributed by atoms with Gasteiger partial charge in [-0.1, -0.05) is 6.92 Å². The average molecular weight is 284 g/mol. The Kier molecular flexibility index (Phi) is 4.99. The number of amides is 1. The van der Waals surface area contributed by atoms with Crippen molar-refractivity contribution in [2.24, 2.45) is 5.41 Å². The Labute approximate surface area is 119 Å². The molecule has 0 bridgehead atoms. The van der Waals surface area contributed by atoms with Gasteiger partial charge in [-0.05, 0) is 32.2 Å². The molecule has 2 saturated heterocycles. The van der Waals surface area contributed by atoms with Gasteiger partial charge in [-0.2, -0.15) is 0 Å². The molecule has 2 fully saturated rings. The summed E-state index contributed by atoms with van der Waals surface area (Å²) in [5.41, 5.74) is -0.672. The molecule has 6 heteroatoms. The van der Waals surface area contributed by atoms with Gasteiger partial charge in [-0.25, -0.2) is 0 Å². The molecule has 0 aromatic carbocycles. The van der Waals surface area contributed by atoms with Crippen molar-refractivity contribution in [1.82, 2.24) is 10.2 Å². The van der Waals surface area contributed by atoms with Crippen molar-refractivity contribution in [1.29, 1.82) is 0 Å². The molecule has 6 nitrogen and oxygen atoms in total. The van der Waals surface area contributed by atoms with Gasteiger partial charge in [0.2, 0.25) is 5.91 Å². The van der Waals surface area contributed by atoms with Gasteiger partial charge in [0.05, 0.1) is 18.1 Å². The van der Waals surface area contributed by atoms with Gasteiger partial charge in [0.25, 0.3) is 0 Å². The molecule has 2 N–H and O–H groups in total. The zero-order chi connectivity index (χ0) is 14.6. The second kappa shape index (κ2) is 6.54. The summed E-state index contributed by atoms with van der Waals surface area (Å²) in [5, 5.41) is 12.2. The maximum atomic E-state index is 11.9. The molecule has 2 rings (SSSR count). The molecule has 0 spiro atoms. The van der Waals surface area contributed by atoms with Gasteiger partial charge in [-0.15, -0.1) is 0 Å². The third-order valence-electron chi connectivity index (χ3n) is 4.48. The van der Waals surface area contributed by atoms with Crippen LogP contribution in [0.15, 0.2) is 0 Å². The number of carbonyl (C=O) groups excluding carboxylic acids is 1. The van der Waals surface area contributed by atoms with Crippen LogP contribution in [0.1, 0.15) is 32.6 Å². The van der Waals surface area contributed by atoms with Crippen molar-refractivity contribution in [3.63, 3.8) is 0 Å². The van der Waals surface area contributed by atoms with E-state index in [0.717, 1.165) is 19.4 Å². The summed E-state index contributed by atoms with van der Waals surface area (Å²) in [5.74, 6) is -0.792. The summed E-state index contributed by atoms with van der Waals surface area (Å²) >= 11 is 0. The van der Waals surface area contributed by atoms with Crippen molar-refractivity contribution in [2.45, 2.75) is 38.7 Å². The van der Waals surface area contributed by atoms with Crippen molar-refractivity contribution < 1.29 is 19.4 Å². The van der Waals surface area contributed by atoms with Gasteiger partial charge < -0.3 is 15.2 Å². The van der Waals surface area contributed by atoms with E-state index in [2.05, 4.69) is 5.32 Å². The molecular formula is C14H24N2O4. The number of nitrogens with one attached hydrogen (secondary N) is 1. The topological polar surface area (TPSA) is 78.9 Å². The van der Waals surface area contributed by atoms with Gasteiger partial charge in [0.15, 0.2) is 0 Å². The first-order valence-corrected chi connectivity index (χ1v) is 7.40. The number of likely N-dealkylation sites (tertiary alicyclic amines) is 1. The average Bonchev–Trinajstić information content (AvgIpc) is 3.06. The molecule has 2 aliphatic rings. The lowest BCUT2D eigenvalue weighted by molar-refractivity contribution is -0.148. The highest BCUT2D eigenvalue weighted by Crippen LogP contribution is 2.33. The number of carboxylic acids is 1.